The Morgan fingerprint density at radius 3 is 2.93 bits per heavy atom. The minimum absolute atomic E-state index is 0.0588. The maximum absolute atomic E-state index is 12.6. The van der Waals surface area contributed by atoms with Crippen LogP contribution in [0.4, 0.5) is 0 Å². The molecule has 0 radical (unpaired) electrons. The molecule has 1 aliphatic carbocycles. The van der Waals surface area contributed by atoms with Crippen LogP contribution in [0.15, 0.2) is 33.5 Å². The predicted molar refractivity (Wildman–Crippen MR) is 116 cm³/mol. The van der Waals surface area contributed by atoms with Gasteiger partial charge in [-0.15, -0.1) is 11.3 Å². The number of hydrogen-bond acceptors (Lipinski definition) is 4. The number of H-pyrrole nitrogens is 1. The first-order valence-electron chi connectivity index (χ1n) is 9.60. The smallest absolute Gasteiger partial charge is 0.259 e. The van der Waals surface area contributed by atoms with Gasteiger partial charge in [0.1, 0.15) is 10.7 Å². The van der Waals surface area contributed by atoms with E-state index in [0.29, 0.717) is 12.2 Å². The van der Waals surface area contributed by atoms with Crippen LogP contribution in [0.3, 0.4) is 0 Å². The molecule has 2 N–H and O–H groups in total. The summed E-state index contributed by atoms with van der Waals surface area (Å²) < 4.78 is 0.973. The van der Waals surface area contributed by atoms with Crippen molar-refractivity contribution in [1.82, 2.24) is 15.3 Å². The van der Waals surface area contributed by atoms with E-state index in [1.165, 1.54) is 16.9 Å². The van der Waals surface area contributed by atoms with Crippen molar-refractivity contribution in [3.05, 3.63) is 60.9 Å². The number of nitrogens with zero attached hydrogens (tertiary/aromatic N) is 1. The summed E-state index contributed by atoms with van der Waals surface area (Å²) >= 11 is 5.15. The van der Waals surface area contributed by atoms with E-state index in [-0.39, 0.29) is 23.9 Å². The molecule has 5 nitrogen and oxygen atoms in total. The number of halogens is 1. The van der Waals surface area contributed by atoms with Crippen molar-refractivity contribution in [2.45, 2.75) is 51.5 Å². The zero-order valence-electron chi connectivity index (χ0n) is 15.7. The van der Waals surface area contributed by atoms with Crippen molar-refractivity contribution in [3.63, 3.8) is 0 Å². The molecule has 2 aromatic heterocycles. The van der Waals surface area contributed by atoms with Crippen LogP contribution in [-0.2, 0) is 24.1 Å². The highest BCUT2D eigenvalue weighted by molar-refractivity contribution is 9.10. The second-order valence-electron chi connectivity index (χ2n) is 7.21. The number of nitrogens with one attached hydrogen (secondary N) is 2. The van der Waals surface area contributed by atoms with Gasteiger partial charge < -0.3 is 10.3 Å². The summed E-state index contributed by atoms with van der Waals surface area (Å²) in [7, 11) is 0. The zero-order chi connectivity index (χ0) is 19.7. The van der Waals surface area contributed by atoms with E-state index in [0.717, 1.165) is 39.5 Å². The van der Waals surface area contributed by atoms with E-state index < -0.39 is 0 Å². The third kappa shape index (κ3) is 3.91. The number of rotatable bonds is 5. The number of carbonyl (C=O) groups is 1. The number of carbonyl (C=O) groups excluding carboxylic acids is 1. The Morgan fingerprint density at radius 1 is 1.32 bits per heavy atom. The molecule has 0 saturated carbocycles. The second kappa shape index (κ2) is 8.17. The fourth-order valence-electron chi connectivity index (χ4n) is 3.78. The number of aryl methyl sites for hydroxylation is 3. The van der Waals surface area contributed by atoms with E-state index in [4.69, 9.17) is 0 Å². The number of fused-ring (bicyclic) bond motifs is 3. The van der Waals surface area contributed by atoms with Gasteiger partial charge >= 0.3 is 0 Å². The minimum atomic E-state index is -0.0958. The summed E-state index contributed by atoms with van der Waals surface area (Å²) in [4.78, 5) is 34.6. The molecule has 1 aromatic carbocycles. The Bertz CT molecular complexity index is 1090. The molecule has 0 fully saturated rings. The molecule has 0 bridgehead atoms. The summed E-state index contributed by atoms with van der Waals surface area (Å²) in [5, 5.41) is 3.77. The van der Waals surface area contributed by atoms with E-state index in [2.05, 4.69) is 31.2 Å². The maximum Gasteiger partial charge on any atom is 0.259 e. The Labute approximate surface area is 175 Å². The fourth-order valence-corrected chi connectivity index (χ4v) is 5.69. The summed E-state index contributed by atoms with van der Waals surface area (Å²) in [6.45, 7) is 1.96. The third-order valence-corrected chi connectivity index (χ3v) is 7.12. The van der Waals surface area contributed by atoms with E-state index in [1.54, 1.807) is 11.3 Å². The molecule has 0 unspecified atom stereocenters. The molecular weight excluding hydrogens is 438 g/mol. The first-order chi connectivity index (χ1) is 13.5. The van der Waals surface area contributed by atoms with Crippen molar-refractivity contribution < 1.29 is 4.79 Å². The van der Waals surface area contributed by atoms with E-state index in [1.807, 2.05) is 31.2 Å². The Balaban J connectivity index is 1.44. The number of benzene rings is 1. The lowest BCUT2D eigenvalue weighted by molar-refractivity contribution is -0.121. The molecule has 1 atom stereocenters. The highest BCUT2D eigenvalue weighted by atomic mass is 79.9. The zero-order valence-corrected chi connectivity index (χ0v) is 18.1. The first kappa shape index (κ1) is 19.3. The van der Waals surface area contributed by atoms with Crippen molar-refractivity contribution in [1.29, 1.82) is 0 Å². The van der Waals surface area contributed by atoms with Gasteiger partial charge in [-0.3, -0.25) is 9.59 Å². The maximum atomic E-state index is 12.6. The van der Waals surface area contributed by atoms with Gasteiger partial charge in [-0.05, 0) is 49.8 Å². The summed E-state index contributed by atoms with van der Waals surface area (Å²) in [6.07, 6.45) is 5.03. The van der Waals surface area contributed by atoms with Crippen LogP contribution in [0.1, 0.15) is 54.1 Å². The summed E-state index contributed by atoms with van der Waals surface area (Å²) in [5.41, 5.74) is 2.15. The molecule has 1 amide bonds. The van der Waals surface area contributed by atoms with Crippen LogP contribution < -0.4 is 10.9 Å². The number of thiophene rings is 1. The summed E-state index contributed by atoms with van der Waals surface area (Å²) in [5.74, 6) is 0.524. The standard InChI is InChI=1S/C21H22BrN3O2S/c1-12(13-6-2-4-8-15(13)22)23-18(26)11-10-17-24-20(27)19-14-7-3-5-9-16(14)28-21(19)25-17/h2,4,6,8,12H,3,5,7,9-11H2,1H3,(H,23,26)(H,24,25,27)/t12-/m1/s1. The van der Waals surface area contributed by atoms with Gasteiger partial charge in [-0.2, -0.15) is 0 Å². The lowest BCUT2D eigenvalue weighted by Gasteiger charge is -2.15. The molecule has 0 spiro atoms. The molecule has 7 heteroatoms. The molecule has 4 rings (SSSR count). The van der Waals surface area contributed by atoms with Crippen molar-refractivity contribution in [2.24, 2.45) is 0 Å². The van der Waals surface area contributed by atoms with Gasteiger partial charge in [-0.25, -0.2) is 4.98 Å². The second-order valence-corrected chi connectivity index (χ2v) is 9.15. The SMILES string of the molecule is C[C@@H](NC(=O)CCc1nc2sc3c(c2c(=O)[nH]1)CCCC3)c1ccccc1Br. The molecule has 146 valence electrons. The average molecular weight is 460 g/mol. The molecule has 0 saturated heterocycles. The Morgan fingerprint density at radius 2 is 2.11 bits per heavy atom. The van der Waals surface area contributed by atoms with Crippen molar-refractivity contribution in [3.8, 4) is 0 Å². The van der Waals surface area contributed by atoms with Crippen LogP contribution in [0.5, 0.6) is 0 Å². The highest BCUT2D eigenvalue weighted by Gasteiger charge is 2.20. The van der Waals surface area contributed by atoms with E-state index >= 15 is 0 Å². The lowest BCUT2D eigenvalue weighted by atomic mass is 9.97. The molecule has 28 heavy (non-hydrogen) atoms. The van der Waals surface area contributed by atoms with Crippen LogP contribution in [0.2, 0.25) is 0 Å². The van der Waals surface area contributed by atoms with Crippen LogP contribution >= 0.6 is 27.3 Å². The number of amides is 1. The monoisotopic (exact) mass is 459 g/mol. The lowest BCUT2D eigenvalue weighted by Crippen LogP contribution is -2.27. The van der Waals surface area contributed by atoms with Crippen LogP contribution in [-0.4, -0.2) is 15.9 Å². The van der Waals surface area contributed by atoms with Gasteiger partial charge in [0.15, 0.2) is 0 Å². The Hall–Kier alpha value is -1.99. The van der Waals surface area contributed by atoms with Crippen LogP contribution in [0, 0.1) is 0 Å². The summed E-state index contributed by atoms with van der Waals surface area (Å²) in [6, 6.07) is 7.75. The highest BCUT2D eigenvalue weighted by Crippen LogP contribution is 2.33. The largest absolute Gasteiger partial charge is 0.350 e. The van der Waals surface area contributed by atoms with Gasteiger partial charge in [0, 0.05) is 22.2 Å². The van der Waals surface area contributed by atoms with Gasteiger partial charge in [0.05, 0.1) is 11.4 Å². The number of aromatic nitrogens is 2. The first-order valence-corrected chi connectivity index (χ1v) is 11.2. The normalized spacial score (nSPS) is 14.6. The molecule has 1 aliphatic rings. The number of hydrogen-bond donors (Lipinski definition) is 2. The number of aromatic amines is 1. The average Bonchev–Trinajstić information content (AvgIpc) is 3.05. The minimum Gasteiger partial charge on any atom is -0.350 e. The van der Waals surface area contributed by atoms with Gasteiger partial charge in [0.25, 0.3) is 5.56 Å². The van der Waals surface area contributed by atoms with Gasteiger partial charge in [-0.1, -0.05) is 34.1 Å². The Kier molecular flexibility index (Phi) is 5.64. The third-order valence-electron chi connectivity index (χ3n) is 5.21. The molecular formula is C21H22BrN3O2S. The predicted octanol–water partition coefficient (Wildman–Crippen LogP) is 4.44. The van der Waals surface area contributed by atoms with Crippen molar-refractivity contribution >= 4 is 43.4 Å². The van der Waals surface area contributed by atoms with Crippen molar-refractivity contribution in [2.75, 3.05) is 0 Å². The molecule has 2 heterocycles. The van der Waals surface area contributed by atoms with Gasteiger partial charge in [0.2, 0.25) is 5.91 Å². The topological polar surface area (TPSA) is 74.8 Å². The quantitative estimate of drug-likeness (QED) is 0.592. The van der Waals surface area contributed by atoms with E-state index in [9.17, 15) is 9.59 Å². The molecule has 3 aromatic rings. The fraction of sp³-hybridized carbons (Fsp3) is 0.381. The van der Waals surface area contributed by atoms with Crippen LogP contribution in [0.25, 0.3) is 10.2 Å². The molecule has 0 aliphatic heterocycles.